The Bertz CT molecular complexity index is 324. The van der Waals surface area contributed by atoms with Crippen molar-refractivity contribution in [1.29, 1.82) is 0 Å². The molecule has 0 aliphatic rings. The van der Waals surface area contributed by atoms with E-state index < -0.39 is 0 Å². The molecular formula is C12H14O. The molecule has 1 heteroatoms. The van der Waals surface area contributed by atoms with Crippen molar-refractivity contribution in [3.63, 3.8) is 0 Å². The quantitative estimate of drug-likeness (QED) is 0.508. The van der Waals surface area contributed by atoms with Crippen LogP contribution >= 0.6 is 0 Å². The van der Waals surface area contributed by atoms with Crippen molar-refractivity contribution in [2.75, 3.05) is 0 Å². The molecule has 0 amide bonds. The molecule has 0 heterocycles. The van der Waals surface area contributed by atoms with Gasteiger partial charge < -0.3 is 0 Å². The van der Waals surface area contributed by atoms with Crippen LogP contribution in [0.25, 0.3) is 0 Å². The van der Waals surface area contributed by atoms with Crippen molar-refractivity contribution in [2.45, 2.75) is 20.3 Å². The van der Waals surface area contributed by atoms with E-state index in [1.165, 1.54) is 5.56 Å². The fraction of sp³-hybridized carbons (Fsp3) is 0.250. The highest BCUT2D eigenvalue weighted by Crippen LogP contribution is 2.07. The lowest BCUT2D eigenvalue weighted by atomic mass is 10.1. The van der Waals surface area contributed by atoms with Gasteiger partial charge in [0.1, 0.15) is 0 Å². The van der Waals surface area contributed by atoms with Crippen LogP contribution in [-0.2, 0) is 6.42 Å². The average Bonchev–Trinajstić information content (AvgIpc) is 2.18. The van der Waals surface area contributed by atoms with Gasteiger partial charge in [0.15, 0.2) is 5.78 Å². The molecule has 0 spiro atoms. The zero-order valence-electron chi connectivity index (χ0n) is 8.08. The van der Waals surface area contributed by atoms with E-state index in [0.717, 1.165) is 12.0 Å². The standard InChI is InChI=1S/C12H14O/c1-3-6-12(13)11-8-5-7-10(4-2)9-11/h3,5-9H,4H2,1-2H3. The van der Waals surface area contributed by atoms with Crippen LogP contribution in [0.4, 0.5) is 0 Å². The Hall–Kier alpha value is -1.37. The largest absolute Gasteiger partial charge is 0.289 e. The number of aryl methyl sites for hydroxylation is 1. The zero-order chi connectivity index (χ0) is 9.68. The molecule has 1 rings (SSSR count). The number of allylic oxidation sites excluding steroid dienone is 2. The van der Waals surface area contributed by atoms with Gasteiger partial charge in [-0.1, -0.05) is 31.2 Å². The van der Waals surface area contributed by atoms with E-state index in [2.05, 4.69) is 6.92 Å². The Morgan fingerprint density at radius 3 is 2.85 bits per heavy atom. The minimum Gasteiger partial charge on any atom is -0.289 e. The van der Waals surface area contributed by atoms with E-state index >= 15 is 0 Å². The summed E-state index contributed by atoms with van der Waals surface area (Å²) >= 11 is 0. The maximum absolute atomic E-state index is 11.4. The summed E-state index contributed by atoms with van der Waals surface area (Å²) in [6.07, 6.45) is 4.33. The summed E-state index contributed by atoms with van der Waals surface area (Å²) in [4.78, 5) is 11.4. The number of ketones is 1. The van der Waals surface area contributed by atoms with Crippen LogP contribution in [0.3, 0.4) is 0 Å². The molecule has 0 radical (unpaired) electrons. The summed E-state index contributed by atoms with van der Waals surface area (Å²) in [6.45, 7) is 3.93. The van der Waals surface area contributed by atoms with Gasteiger partial charge in [0.05, 0.1) is 0 Å². The van der Waals surface area contributed by atoms with Gasteiger partial charge in [0.2, 0.25) is 0 Å². The van der Waals surface area contributed by atoms with Crippen LogP contribution in [0.5, 0.6) is 0 Å². The summed E-state index contributed by atoms with van der Waals surface area (Å²) in [5.74, 6) is 0.0813. The Morgan fingerprint density at radius 2 is 2.23 bits per heavy atom. The molecule has 0 aliphatic carbocycles. The van der Waals surface area contributed by atoms with Gasteiger partial charge in [-0.15, -0.1) is 0 Å². The molecule has 0 saturated heterocycles. The molecule has 1 aromatic carbocycles. The van der Waals surface area contributed by atoms with E-state index in [4.69, 9.17) is 0 Å². The lowest BCUT2D eigenvalue weighted by molar-refractivity contribution is 0.104. The van der Waals surface area contributed by atoms with Gasteiger partial charge in [-0.25, -0.2) is 0 Å². The highest BCUT2D eigenvalue weighted by atomic mass is 16.1. The molecule has 0 fully saturated rings. The molecule has 0 unspecified atom stereocenters. The SMILES string of the molecule is CC=CC(=O)c1cccc(CC)c1. The summed E-state index contributed by atoms with van der Waals surface area (Å²) in [5, 5.41) is 0. The van der Waals surface area contributed by atoms with E-state index in [1.54, 1.807) is 12.2 Å². The van der Waals surface area contributed by atoms with Crippen molar-refractivity contribution in [3.8, 4) is 0 Å². The first kappa shape index (κ1) is 9.72. The first-order chi connectivity index (χ1) is 6.27. The molecule has 0 N–H and O–H groups in total. The maximum Gasteiger partial charge on any atom is 0.185 e. The van der Waals surface area contributed by atoms with Crippen molar-refractivity contribution in [1.82, 2.24) is 0 Å². The topological polar surface area (TPSA) is 17.1 Å². The predicted molar refractivity (Wildman–Crippen MR) is 55.0 cm³/mol. The second-order valence-corrected chi connectivity index (χ2v) is 2.92. The van der Waals surface area contributed by atoms with Crippen LogP contribution in [0.2, 0.25) is 0 Å². The smallest absolute Gasteiger partial charge is 0.185 e. The van der Waals surface area contributed by atoms with Gasteiger partial charge >= 0.3 is 0 Å². The van der Waals surface area contributed by atoms with E-state index in [0.29, 0.717) is 0 Å². The molecule has 1 aromatic rings. The van der Waals surface area contributed by atoms with Gasteiger partial charge in [-0.2, -0.15) is 0 Å². The molecule has 13 heavy (non-hydrogen) atoms. The van der Waals surface area contributed by atoms with Gasteiger partial charge in [-0.3, -0.25) is 4.79 Å². The molecular weight excluding hydrogens is 160 g/mol. The van der Waals surface area contributed by atoms with Crippen molar-refractivity contribution in [2.24, 2.45) is 0 Å². The van der Waals surface area contributed by atoms with Crippen molar-refractivity contribution in [3.05, 3.63) is 47.5 Å². The maximum atomic E-state index is 11.4. The molecule has 68 valence electrons. The number of carbonyl (C=O) groups excluding carboxylic acids is 1. The van der Waals surface area contributed by atoms with Crippen LogP contribution in [0, 0.1) is 0 Å². The Balaban J connectivity index is 2.94. The summed E-state index contributed by atoms with van der Waals surface area (Å²) < 4.78 is 0. The van der Waals surface area contributed by atoms with Crippen LogP contribution in [0.15, 0.2) is 36.4 Å². The monoisotopic (exact) mass is 174 g/mol. The third kappa shape index (κ3) is 2.55. The lowest BCUT2D eigenvalue weighted by Crippen LogP contribution is -1.94. The second-order valence-electron chi connectivity index (χ2n) is 2.92. The first-order valence-corrected chi connectivity index (χ1v) is 4.54. The number of rotatable bonds is 3. The number of benzene rings is 1. The molecule has 0 saturated carbocycles. The van der Waals surface area contributed by atoms with Crippen LogP contribution in [0.1, 0.15) is 29.8 Å². The van der Waals surface area contributed by atoms with E-state index in [-0.39, 0.29) is 5.78 Å². The lowest BCUT2D eigenvalue weighted by Gasteiger charge is -1.98. The van der Waals surface area contributed by atoms with Crippen molar-refractivity contribution >= 4 is 5.78 Å². The van der Waals surface area contributed by atoms with E-state index in [9.17, 15) is 4.79 Å². The molecule has 0 aromatic heterocycles. The Kier molecular flexibility index (Phi) is 3.44. The number of hydrogen-bond donors (Lipinski definition) is 0. The molecule has 0 bridgehead atoms. The van der Waals surface area contributed by atoms with Crippen LogP contribution < -0.4 is 0 Å². The predicted octanol–water partition coefficient (Wildman–Crippen LogP) is 3.01. The second kappa shape index (κ2) is 4.61. The Morgan fingerprint density at radius 1 is 1.46 bits per heavy atom. The minimum atomic E-state index is 0.0813. The first-order valence-electron chi connectivity index (χ1n) is 4.54. The van der Waals surface area contributed by atoms with Gasteiger partial charge in [-0.05, 0) is 31.1 Å². The number of hydrogen-bond acceptors (Lipinski definition) is 1. The summed E-state index contributed by atoms with van der Waals surface area (Å²) in [7, 11) is 0. The average molecular weight is 174 g/mol. The fourth-order valence-corrected chi connectivity index (χ4v) is 1.19. The minimum absolute atomic E-state index is 0.0813. The van der Waals surface area contributed by atoms with Gasteiger partial charge in [0.25, 0.3) is 0 Å². The van der Waals surface area contributed by atoms with Gasteiger partial charge in [0, 0.05) is 5.56 Å². The Labute approximate surface area is 79.1 Å². The fourth-order valence-electron chi connectivity index (χ4n) is 1.19. The van der Waals surface area contributed by atoms with Crippen molar-refractivity contribution < 1.29 is 4.79 Å². The normalized spacial score (nSPS) is 10.6. The third-order valence-electron chi connectivity index (χ3n) is 1.94. The highest BCUT2D eigenvalue weighted by Gasteiger charge is 2.00. The number of carbonyl (C=O) groups is 1. The third-order valence-corrected chi connectivity index (χ3v) is 1.94. The molecule has 1 nitrogen and oxygen atoms in total. The summed E-state index contributed by atoms with van der Waals surface area (Å²) in [6, 6.07) is 7.76. The zero-order valence-corrected chi connectivity index (χ0v) is 8.08. The summed E-state index contributed by atoms with van der Waals surface area (Å²) in [5.41, 5.74) is 1.98. The molecule has 0 atom stereocenters. The highest BCUT2D eigenvalue weighted by molar-refractivity contribution is 6.04. The van der Waals surface area contributed by atoms with Crippen LogP contribution in [-0.4, -0.2) is 5.78 Å². The van der Waals surface area contributed by atoms with E-state index in [1.807, 2.05) is 31.2 Å². The molecule has 0 aliphatic heterocycles.